The van der Waals surface area contributed by atoms with Crippen LogP contribution in [0.1, 0.15) is 40.8 Å². The Bertz CT molecular complexity index is 1450. The molecule has 8 heteroatoms. The number of H-pyrrole nitrogens is 1. The number of hydrogen-bond acceptors (Lipinski definition) is 5. The number of fused-ring (bicyclic) bond motifs is 1. The van der Waals surface area contributed by atoms with Crippen molar-refractivity contribution < 1.29 is 8.42 Å². The van der Waals surface area contributed by atoms with Crippen LogP contribution in [0.3, 0.4) is 0 Å². The van der Waals surface area contributed by atoms with Crippen molar-refractivity contribution in [1.29, 1.82) is 0 Å². The third kappa shape index (κ3) is 3.65. The van der Waals surface area contributed by atoms with Crippen LogP contribution in [-0.4, -0.2) is 34.6 Å². The molecule has 176 valence electrons. The Hall–Kier alpha value is -3.78. The van der Waals surface area contributed by atoms with Crippen molar-refractivity contribution >= 4 is 21.9 Å². The number of pyridine rings is 2. The Labute approximate surface area is 204 Å². The van der Waals surface area contributed by atoms with E-state index in [2.05, 4.69) is 26.2 Å². The first-order chi connectivity index (χ1) is 17.0. The number of allylic oxidation sites excluding steroid dienone is 1. The monoisotopic (exact) mass is 483 g/mol. The summed E-state index contributed by atoms with van der Waals surface area (Å²) in [4.78, 5) is 8.67. The van der Waals surface area contributed by atoms with E-state index in [0.29, 0.717) is 12.2 Å². The van der Waals surface area contributed by atoms with Crippen LogP contribution in [0.25, 0.3) is 6.08 Å². The first-order valence-electron chi connectivity index (χ1n) is 11.7. The lowest BCUT2D eigenvalue weighted by Crippen LogP contribution is -2.34. The molecule has 6 rings (SSSR count). The van der Waals surface area contributed by atoms with Crippen LogP contribution in [0.5, 0.6) is 0 Å². The van der Waals surface area contributed by atoms with Crippen molar-refractivity contribution in [3.05, 3.63) is 107 Å². The number of aryl methyl sites for hydroxylation is 1. The molecule has 0 aliphatic heterocycles. The van der Waals surface area contributed by atoms with Crippen molar-refractivity contribution in [2.75, 3.05) is 4.31 Å². The summed E-state index contributed by atoms with van der Waals surface area (Å²) in [6.45, 7) is 1.95. The van der Waals surface area contributed by atoms with Gasteiger partial charge in [0.1, 0.15) is 0 Å². The predicted molar refractivity (Wildman–Crippen MR) is 134 cm³/mol. The summed E-state index contributed by atoms with van der Waals surface area (Å²) in [6.07, 6.45) is 13.6. The van der Waals surface area contributed by atoms with E-state index in [0.717, 1.165) is 40.8 Å². The molecular formula is C27H25N5O2S. The van der Waals surface area contributed by atoms with Crippen LogP contribution in [-0.2, 0) is 21.9 Å². The molecule has 0 radical (unpaired) electrons. The molecule has 3 aromatic heterocycles. The zero-order valence-electron chi connectivity index (χ0n) is 19.3. The van der Waals surface area contributed by atoms with E-state index in [4.69, 9.17) is 0 Å². The minimum atomic E-state index is -3.74. The topological polar surface area (TPSA) is 91.8 Å². The first-order valence-corrected chi connectivity index (χ1v) is 13.1. The van der Waals surface area contributed by atoms with Crippen molar-refractivity contribution in [2.45, 2.75) is 42.5 Å². The first kappa shape index (κ1) is 21.7. The van der Waals surface area contributed by atoms with Gasteiger partial charge in [0.25, 0.3) is 10.0 Å². The van der Waals surface area contributed by atoms with E-state index in [1.54, 1.807) is 36.9 Å². The van der Waals surface area contributed by atoms with E-state index in [9.17, 15) is 8.42 Å². The number of aromatic amines is 1. The van der Waals surface area contributed by atoms with E-state index in [1.807, 2.05) is 49.4 Å². The third-order valence-electron chi connectivity index (χ3n) is 6.91. The maximum atomic E-state index is 13.7. The van der Waals surface area contributed by atoms with E-state index in [-0.39, 0.29) is 10.9 Å². The highest BCUT2D eigenvalue weighted by molar-refractivity contribution is 7.92. The van der Waals surface area contributed by atoms with Gasteiger partial charge >= 0.3 is 0 Å². The summed E-state index contributed by atoms with van der Waals surface area (Å²) in [5.74, 6) is 0.470. The van der Waals surface area contributed by atoms with Crippen molar-refractivity contribution in [1.82, 2.24) is 20.2 Å². The van der Waals surface area contributed by atoms with Gasteiger partial charge in [0, 0.05) is 53.9 Å². The Morgan fingerprint density at radius 2 is 1.51 bits per heavy atom. The molecule has 7 nitrogen and oxygen atoms in total. The number of anilines is 1. The Balaban J connectivity index is 1.45. The van der Waals surface area contributed by atoms with Crippen LogP contribution in [0.2, 0.25) is 0 Å². The molecule has 3 heterocycles. The standard InChI is InChI=1S/C27H25N5O2S/c1-19-2-6-23(7-3-19)35(33,34)32(22-4-5-22)26-24-8-13-27(18-25(24)30-31-26,20-9-14-28-15-10-20)21-11-16-29-17-12-21/h2-3,6-17,22H,4-5,18H2,1H3,(H,30,31). The van der Waals surface area contributed by atoms with Crippen LogP contribution in [0, 0.1) is 6.92 Å². The molecule has 1 saturated carbocycles. The zero-order chi connectivity index (χ0) is 24.0. The summed E-state index contributed by atoms with van der Waals surface area (Å²) < 4.78 is 28.9. The fourth-order valence-electron chi connectivity index (χ4n) is 4.89. The summed E-state index contributed by atoms with van der Waals surface area (Å²) in [5, 5.41) is 7.75. The molecule has 1 fully saturated rings. The minimum absolute atomic E-state index is 0.0748. The molecule has 1 N–H and O–H groups in total. The fraction of sp³-hybridized carbons (Fsp3) is 0.222. The number of sulfonamides is 1. The number of hydrogen-bond donors (Lipinski definition) is 1. The highest BCUT2D eigenvalue weighted by Crippen LogP contribution is 2.45. The second-order valence-electron chi connectivity index (χ2n) is 9.24. The number of nitrogens with one attached hydrogen (secondary N) is 1. The molecule has 0 saturated heterocycles. The highest BCUT2D eigenvalue weighted by Gasteiger charge is 2.43. The molecule has 0 bridgehead atoms. The van der Waals surface area contributed by atoms with Crippen LogP contribution < -0.4 is 4.31 Å². The minimum Gasteiger partial charge on any atom is -0.280 e. The number of aromatic nitrogens is 4. The van der Waals surface area contributed by atoms with E-state index in [1.165, 1.54) is 4.31 Å². The summed E-state index contributed by atoms with van der Waals surface area (Å²) >= 11 is 0. The Morgan fingerprint density at radius 1 is 0.914 bits per heavy atom. The number of nitrogens with zero attached hydrogens (tertiary/aromatic N) is 4. The quantitative estimate of drug-likeness (QED) is 0.438. The highest BCUT2D eigenvalue weighted by atomic mass is 32.2. The molecule has 0 atom stereocenters. The molecule has 35 heavy (non-hydrogen) atoms. The fourth-order valence-corrected chi connectivity index (χ4v) is 6.57. The lowest BCUT2D eigenvalue weighted by Gasteiger charge is -2.34. The van der Waals surface area contributed by atoms with Crippen LogP contribution in [0.15, 0.2) is 84.3 Å². The van der Waals surface area contributed by atoms with Gasteiger partial charge in [0.2, 0.25) is 0 Å². The number of benzene rings is 1. The lowest BCUT2D eigenvalue weighted by atomic mass is 9.69. The van der Waals surface area contributed by atoms with E-state index < -0.39 is 15.4 Å². The van der Waals surface area contributed by atoms with Gasteiger partial charge in [0.15, 0.2) is 5.82 Å². The lowest BCUT2D eigenvalue weighted by molar-refractivity contribution is 0.589. The second-order valence-corrected chi connectivity index (χ2v) is 11.1. The van der Waals surface area contributed by atoms with Gasteiger partial charge < -0.3 is 0 Å². The van der Waals surface area contributed by atoms with Crippen molar-refractivity contribution in [3.63, 3.8) is 0 Å². The van der Waals surface area contributed by atoms with Crippen LogP contribution in [0.4, 0.5) is 5.82 Å². The van der Waals surface area contributed by atoms with Gasteiger partial charge in [-0.25, -0.2) is 12.7 Å². The van der Waals surface area contributed by atoms with Gasteiger partial charge in [-0.2, -0.15) is 5.10 Å². The SMILES string of the molecule is Cc1ccc(S(=O)(=O)N(c2n[nH]c3c2C=CC(c2ccncc2)(c2ccncc2)C3)C2CC2)cc1. The molecule has 0 amide bonds. The summed E-state index contributed by atoms with van der Waals surface area (Å²) in [5.41, 5.74) is 4.51. The molecule has 4 aromatic rings. The maximum Gasteiger partial charge on any atom is 0.265 e. The summed E-state index contributed by atoms with van der Waals surface area (Å²) in [6, 6.07) is 15.0. The second kappa shape index (κ2) is 8.16. The van der Waals surface area contributed by atoms with E-state index >= 15 is 0 Å². The van der Waals surface area contributed by atoms with Gasteiger partial charge in [0.05, 0.1) is 4.90 Å². The van der Waals surface area contributed by atoms with Crippen molar-refractivity contribution in [2.24, 2.45) is 0 Å². The van der Waals surface area contributed by atoms with Gasteiger partial charge in [-0.1, -0.05) is 29.8 Å². The van der Waals surface area contributed by atoms with Gasteiger partial charge in [-0.05, 0) is 67.3 Å². The third-order valence-corrected chi connectivity index (χ3v) is 8.77. The summed E-state index contributed by atoms with van der Waals surface area (Å²) in [7, 11) is -3.74. The molecule has 0 spiro atoms. The van der Waals surface area contributed by atoms with Crippen LogP contribution >= 0.6 is 0 Å². The molecule has 2 aliphatic carbocycles. The molecule has 0 unspecified atom stereocenters. The smallest absolute Gasteiger partial charge is 0.265 e. The predicted octanol–water partition coefficient (Wildman–Crippen LogP) is 4.42. The Kier molecular flexibility index (Phi) is 5.07. The molecule has 2 aliphatic rings. The van der Waals surface area contributed by atoms with Gasteiger partial charge in [-0.3, -0.25) is 15.1 Å². The Morgan fingerprint density at radius 3 is 2.09 bits per heavy atom. The average molecular weight is 484 g/mol. The average Bonchev–Trinajstić information content (AvgIpc) is 3.64. The molecule has 1 aromatic carbocycles. The maximum absolute atomic E-state index is 13.7. The van der Waals surface area contributed by atoms with Gasteiger partial charge in [-0.15, -0.1) is 0 Å². The zero-order valence-corrected chi connectivity index (χ0v) is 20.1. The molecular weight excluding hydrogens is 458 g/mol. The number of rotatable bonds is 6. The van der Waals surface area contributed by atoms with Crippen molar-refractivity contribution in [3.8, 4) is 0 Å². The largest absolute Gasteiger partial charge is 0.280 e. The normalized spacial score (nSPS) is 16.6.